The maximum absolute atomic E-state index is 6.37. The molecule has 0 saturated carbocycles. The summed E-state index contributed by atoms with van der Waals surface area (Å²) in [4.78, 5) is 19.3. The molecule has 3 aromatic heterocycles. The van der Waals surface area contributed by atoms with Crippen LogP contribution in [0.1, 0.15) is 0 Å². The minimum atomic E-state index is 0.620. The number of aromatic nitrogens is 4. The van der Waals surface area contributed by atoms with Crippen molar-refractivity contribution < 1.29 is 4.42 Å². The van der Waals surface area contributed by atoms with Gasteiger partial charge in [0.05, 0.1) is 6.20 Å². The van der Waals surface area contributed by atoms with Crippen molar-refractivity contribution in [3.8, 4) is 45.3 Å². The topological polar surface area (TPSA) is 64.7 Å². The van der Waals surface area contributed by atoms with E-state index in [1.165, 1.54) is 5.39 Å². The molecule has 0 aliphatic heterocycles. The third-order valence-corrected chi connectivity index (χ3v) is 8.40. The van der Waals surface area contributed by atoms with Crippen LogP contribution in [0.15, 0.2) is 150 Å². The molecule has 5 nitrogen and oxygen atoms in total. The molecule has 5 heteroatoms. The van der Waals surface area contributed by atoms with E-state index in [2.05, 4.69) is 83.8 Å². The molecule has 0 fully saturated rings. The van der Waals surface area contributed by atoms with Crippen molar-refractivity contribution >= 4 is 43.5 Å². The molecule has 3 heterocycles. The van der Waals surface area contributed by atoms with Gasteiger partial charge < -0.3 is 4.42 Å². The van der Waals surface area contributed by atoms with E-state index < -0.39 is 0 Å². The van der Waals surface area contributed by atoms with Gasteiger partial charge in [0.1, 0.15) is 5.58 Å². The van der Waals surface area contributed by atoms with E-state index >= 15 is 0 Å². The predicted octanol–water partition coefficient (Wildman–Crippen LogP) is 10.1. The molecule has 210 valence electrons. The number of hydrogen-bond acceptors (Lipinski definition) is 5. The highest BCUT2D eigenvalue weighted by Crippen LogP contribution is 2.39. The number of benzene rings is 6. The summed E-state index contributed by atoms with van der Waals surface area (Å²) in [6.45, 7) is 0. The number of pyridine rings is 1. The number of furan rings is 1. The standard InChI is InChI=1S/C40H24N4O/c1-2-10-28(11-3-1)38-42-39(44-40(43-38)31-19-14-25-8-4-5-12-30(25)22-31)29-17-15-27(16-18-29)34-23-41-24-35-36(34)33-21-20-26-9-6-7-13-32(26)37(33)45-35/h1-24H. The Bertz CT molecular complexity index is 2540. The van der Waals surface area contributed by atoms with Crippen molar-refractivity contribution in [3.63, 3.8) is 0 Å². The largest absolute Gasteiger partial charge is 0.454 e. The van der Waals surface area contributed by atoms with Crippen molar-refractivity contribution in [2.45, 2.75) is 0 Å². The lowest BCUT2D eigenvalue weighted by Crippen LogP contribution is -2.00. The van der Waals surface area contributed by atoms with Crippen molar-refractivity contribution in [1.82, 2.24) is 19.9 Å². The van der Waals surface area contributed by atoms with Crippen molar-refractivity contribution in [2.24, 2.45) is 0 Å². The Kier molecular flexibility index (Phi) is 5.74. The summed E-state index contributed by atoms with van der Waals surface area (Å²) in [5, 5.41) is 6.71. The van der Waals surface area contributed by atoms with E-state index in [-0.39, 0.29) is 0 Å². The molecule has 0 radical (unpaired) electrons. The summed E-state index contributed by atoms with van der Waals surface area (Å²) in [7, 11) is 0. The molecular formula is C40H24N4O. The zero-order valence-corrected chi connectivity index (χ0v) is 24.1. The van der Waals surface area contributed by atoms with Crippen molar-refractivity contribution in [1.29, 1.82) is 0 Å². The van der Waals surface area contributed by atoms with E-state index in [1.807, 2.05) is 60.8 Å². The first-order chi connectivity index (χ1) is 22.3. The van der Waals surface area contributed by atoms with Crippen LogP contribution in [-0.4, -0.2) is 19.9 Å². The van der Waals surface area contributed by atoms with Gasteiger partial charge in [-0.1, -0.05) is 121 Å². The molecular weight excluding hydrogens is 552 g/mol. The molecule has 0 atom stereocenters. The summed E-state index contributed by atoms with van der Waals surface area (Å²) in [5.74, 6) is 1.90. The van der Waals surface area contributed by atoms with E-state index in [4.69, 9.17) is 19.4 Å². The average Bonchev–Trinajstić information content (AvgIpc) is 3.51. The maximum Gasteiger partial charge on any atom is 0.164 e. The van der Waals surface area contributed by atoms with Gasteiger partial charge in [0, 0.05) is 44.6 Å². The maximum atomic E-state index is 6.37. The van der Waals surface area contributed by atoms with E-state index in [0.29, 0.717) is 17.5 Å². The molecule has 0 spiro atoms. The third-order valence-electron chi connectivity index (χ3n) is 8.40. The summed E-state index contributed by atoms with van der Waals surface area (Å²) >= 11 is 0. The van der Waals surface area contributed by atoms with Crippen LogP contribution in [0.3, 0.4) is 0 Å². The molecule has 0 bridgehead atoms. The minimum Gasteiger partial charge on any atom is -0.454 e. The second-order valence-corrected chi connectivity index (χ2v) is 11.1. The predicted molar refractivity (Wildman–Crippen MR) is 182 cm³/mol. The Morgan fingerprint density at radius 2 is 1.02 bits per heavy atom. The quantitative estimate of drug-likeness (QED) is 0.209. The van der Waals surface area contributed by atoms with Gasteiger partial charge in [-0.3, -0.25) is 4.98 Å². The van der Waals surface area contributed by atoms with Gasteiger partial charge in [0.25, 0.3) is 0 Å². The second kappa shape index (κ2) is 10.2. The van der Waals surface area contributed by atoms with Crippen LogP contribution in [0, 0.1) is 0 Å². The SMILES string of the molecule is c1ccc(-c2nc(-c3ccc(-c4cncc5oc6c7ccccc7ccc6c45)cc3)nc(-c3ccc4ccccc4c3)n2)cc1. The molecule has 0 saturated heterocycles. The number of rotatable bonds is 4. The van der Waals surface area contributed by atoms with Gasteiger partial charge in [-0.05, 0) is 33.9 Å². The lowest BCUT2D eigenvalue weighted by molar-refractivity contribution is 0.670. The Morgan fingerprint density at radius 3 is 1.82 bits per heavy atom. The van der Waals surface area contributed by atoms with Gasteiger partial charge in [0.2, 0.25) is 0 Å². The fourth-order valence-electron chi connectivity index (χ4n) is 6.15. The normalized spacial score (nSPS) is 11.6. The smallest absolute Gasteiger partial charge is 0.164 e. The van der Waals surface area contributed by atoms with Crippen LogP contribution >= 0.6 is 0 Å². The zero-order valence-electron chi connectivity index (χ0n) is 24.1. The zero-order chi connectivity index (χ0) is 29.7. The van der Waals surface area contributed by atoms with Gasteiger partial charge in [0.15, 0.2) is 23.1 Å². The van der Waals surface area contributed by atoms with E-state index in [9.17, 15) is 0 Å². The Morgan fingerprint density at radius 1 is 0.422 bits per heavy atom. The molecule has 0 N–H and O–H groups in total. The van der Waals surface area contributed by atoms with Crippen LogP contribution in [0.25, 0.3) is 88.8 Å². The first-order valence-electron chi connectivity index (χ1n) is 14.9. The van der Waals surface area contributed by atoms with Gasteiger partial charge in [-0.15, -0.1) is 0 Å². The molecule has 9 rings (SSSR count). The highest BCUT2D eigenvalue weighted by molar-refractivity contribution is 6.18. The van der Waals surface area contributed by atoms with E-state index in [0.717, 1.165) is 65.9 Å². The van der Waals surface area contributed by atoms with Crippen LogP contribution in [0.2, 0.25) is 0 Å². The number of hydrogen-bond donors (Lipinski definition) is 0. The minimum absolute atomic E-state index is 0.620. The molecule has 0 aliphatic rings. The van der Waals surface area contributed by atoms with E-state index in [1.54, 1.807) is 6.20 Å². The van der Waals surface area contributed by atoms with Crippen molar-refractivity contribution in [2.75, 3.05) is 0 Å². The molecule has 9 aromatic rings. The fraction of sp³-hybridized carbons (Fsp3) is 0. The summed E-state index contributed by atoms with van der Waals surface area (Å²) in [6.07, 6.45) is 3.71. The summed E-state index contributed by atoms with van der Waals surface area (Å²) < 4.78 is 6.37. The Hall–Kier alpha value is -6.20. The summed E-state index contributed by atoms with van der Waals surface area (Å²) in [6, 6.07) is 45.6. The third kappa shape index (κ3) is 4.33. The molecule has 6 aromatic carbocycles. The first kappa shape index (κ1) is 25.3. The van der Waals surface area contributed by atoms with Crippen LogP contribution < -0.4 is 0 Å². The Balaban J connectivity index is 1.17. The highest BCUT2D eigenvalue weighted by Gasteiger charge is 2.17. The second-order valence-electron chi connectivity index (χ2n) is 11.1. The molecule has 0 aliphatic carbocycles. The lowest BCUT2D eigenvalue weighted by atomic mass is 9.99. The monoisotopic (exact) mass is 576 g/mol. The van der Waals surface area contributed by atoms with Crippen molar-refractivity contribution in [3.05, 3.63) is 146 Å². The average molecular weight is 577 g/mol. The van der Waals surface area contributed by atoms with Gasteiger partial charge >= 0.3 is 0 Å². The molecule has 0 amide bonds. The first-order valence-corrected chi connectivity index (χ1v) is 14.9. The molecule has 0 unspecified atom stereocenters. The van der Waals surface area contributed by atoms with Gasteiger partial charge in [-0.2, -0.15) is 0 Å². The molecule has 45 heavy (non-hydrogen) atoms. The summed E-state index contributed by atoms with van der Waals surface area (Å²) in [5.41, 5.74) is 6.51. The lowest BCUT2D eigenvalue weighted by Gasteiger charge is -2.10. The van der Waals surface area contributed by atoms with Gasteiger partial charge in [-0.25, -0.2) is 15.0 Å². The van der Waals surface area contributed by atoms with Crippen LogP contribution in [0.5, 0.6) is 0 Å². The number of nitrogens with zero attached hydrogens (tertiary/aromatic N) is 4. The van der Waals surface area contributed by atoms with Crippen LogP contribution in [-0.2, 0) is 0 Å². The fourth-order valence-corrected chi connectivity index (χ4v) is 6.15. The van der Waals surface area contributed by atoms with Crippen LogP contribution in [0.4, 0.5) is 0 Å². The highest BCUT2D eigenvalue weighted by atomic mass is 16.3. The number of fused-ring (bicyclic) bond motifs is 6. The Labute approximate surface area is 258 Å².